The quantitative estimate of drug-likeness (QED) is 0.449. The van der Waals surface area contributed by atoms with E-state index in [0.29, 0.717) is 29.1 Å². The molecule has 3 amide bonds. The van der Waals surface area contributed by atoms with E-state index in [0.717, 1.165) is 20.8 Å². The van der Waals surface area contributed by atoms with Crippen LogP contribution in [0.1, 0.15) is 38.3 Å². The van der Waals surface area contributed by atoms with E-state index in [-0.39, 0.29) is 36.7 Å². The Labute approximate surface area is 230 Å². The molecule has 0 spiro atoms. The number of hydrogen-bond donors (Lipinski definition) is 1. The molecule has 4 rings (SSSR count). The van der Waals surface area contributed by atoms with E-state index in [1.54, 1.807) is 37.1 Å². The second-order valence-corrected chi connectivity index (χ2v) is 10.2. The van der Waals surface area contributed by atoms with Crippen molar-refractivity contribution in [1.29, 1.82) is 5.26 Å². The number of rotatable bonds is 6. The van der Waals surface area contributed by atoms with Gasteiger partial charge in [-0.3, -0.25) is 14.4 Å². The van der Waals surface area contributed by atoms with E-state index < -0.39 is 6.04 Å². The summed E-state index contributed by atoms with van der Waals surface area (Å²) in [4.78, 5) is 42.8. The third-order valence-corrected chi connectivity index (χ3v) is 7.68. The molecule has 3 aromatic carbocycles. The monoisotopic (exact) mass is 576 g/mol. The van der Waals surface area contributed by atoms with Gasteiger partial charge in [-0.05, 0) is 53.6 Å². The van der Waals surface area contributed by atoms with Gasteiger partial charge in [0.05, 0.1) is 43.2 Å². The van der Waals surface area contributed by atoms with Crippen molar-refractivity contribution < 1.29 is 19.1 Å². The van der Waals surface area contributed by atoms with Gasteiger partial charge in [0.1, 0.15) is 11.8 Å². The number of halogens is 1. The first kappa shape index (κ1) is 27.1. The average Bonchev–Trinajstić information content (AvgIpc) is 3.03. The van der Waals surface area contributed by atoms with Crippen LogP contribution in [0.5, 0.6) is 5.75 Å². The predicted octanol–water partition coefficient (Wildman–Crippen LogP) is 4.91. The Balaban J connectivity index is 1.91. The van der Waals surface area contributed by atoms with Crippen LogP contribution in [0.2, 0.25) is 0 Å². The van der Waals surface area contributed by atoms with Crippen LogP contribution in [-0.2, 0) is 20.9 Å². The molecule has 8 nitrogen and oxygen atoms in total. The summed E-state index contributed by atoms with van der Waals surface area (Å²) in [5.74, 6) is -0.611. The van der Waals surface area contributed by atoms with Crippen LogP contribution in [0.25, 0.3) is 10.8 Å². The van der Waals surface area contributed by atoms with Gasteiger partial charge in [0, 0.05) is 22.9 Å². The van der Waals surface area contributed by atoms with Crippen molar-refractivity contribution in [3.8, 4) is 11.8 Å². The summed E-state index contributed by atoms with van der Waals surface area (Å²) < 4.78 is 6.60. The van der Waals surface area contributed by atoms with Crippen LogP contribution in [0.3, 0.4) is 0 Å². The first-order chi connectivity index (χ1) is 18.2. The molecule has 1 N–H and O–H groups in total. The molecule has 0 aromatic heterocycles. The fourth-order valence-electron chi connectivity index (χ4n) is 4.65. The summed E-state index contributed by atoms with van der Waals surface area (Å²) >= 11 is 3.61. The summed E-state index contributed by atoms with van der Waals surface area (Å²) in [5.41, 5.74) is 2.04. The highest BCUT2D eigenvalue weighted by atomic mass is 79.9. The third-order valence-electron chi connectivity index (χ3n) is 6.98. The Morgan fingerprint density at radius 1 is 1.18 bits per heavy atom. The van der Waals surface area contributed by atoms with Crippen LogP contribution in [0, 0.1) is 17.2 Å². The lowest BCUT2D eigenvalue weighted by molar-refractivity contribution is -0.129. The first-order valence-corrected chi connectivity index (χ1v) is 13.2. The topological polar surface area (TPSA) is 103 Å². The smallest absolute Gasteiger partial charge is 0.251 e. The van der Waals surface area contributed by atoms with E-state index in [9.17, 15) is 19.6 Å². The van der Waals surface area contributed by atoms with Crippen molar-refractivity contribution in [1.82, 2.24) is 5.32 Å². The summed E-state index contributed by atoms with van der Waals surface area (Å²) in [6, 6.07) is 15.7. The molecule has 1 aliphatic heterocycles. The zero-order valence-corrected chi connectivity index (χ0v) is 23.3. The fraction of sp³-hybridized carbons (Fsp3) is 0.310. The fourth-order valence-corrected chi connectivity index (χ4v) is 5.14. The van der Waals surface area contributed by atoms with Crippen molar-refractivity contribution in [2.24, 2.45) is 5.92 Å². The summed E-state index contributed by atoms with van der Waals surface area (Å²) in [6.07, 6.45) is 0.612. The highest BCUT2D eigenvalue weighted by Gasteiger charge is 2.37. The van der Waals surface area contributed by atoms with Crippen molar-refractivity contribution in [2.45, 2.75) is 39.8 Å². The molecule has 9 heteroatoms. The molecule has 1 aliphatic rings. The number of anilines is 2. The summed E-state index contributed by atoms with van der Waals surface area (Å²) in [6.45, 7) is 5.17. The molecule has 0 saturated carbocycles. The Kier molecular flexibility index (Phi) is 8.02. The van der Waals surface area contributed by atoms with Crippen molar-refractivity contribution in [3.05, 3.63) is 64.1 Å². The molecule has 2 atom stereocenters. The lowest BCUT2D eigenvalue weighted by atomic mass is 10.0. The lowest BCUT2D eigenvalue weighted by Gasteiger charge is -2.27. The van der Waals surface area contributed by atoms with Crippen molar-refractivity contribution >= 4 is 55.8 Å². The minimum atomic E-state index is -0.981. The molecule has 0 unspecified atom stereocenters. The van der Waals surface area contributed by atoms with E-state index in [1.807, 2.05) is 37.3 Å². The maximum absolute atomic E-state index is 14.1. The number of fused-ring (bicyclic) bond motifs is 2. The number of hydrogen-bond acceptors (Lipinski definition) is 5. The molecule has 0 fully saturated rings. The number of nitriles is 1. The van der Waals surface area contributed by atoms with Crippen LogP contribution in [-0.4, -0.2) is 37.4 Å². The van der Waals surface area contributed by atoms with Gasteiger partial charge < -0.3 is 19.9 Å². The zero-order valence-electron chi connectivity index (χ0n) is 21.7. The van der Waals surface area contributed by atoms with Gasteiger partial charge in [0.2, 0.25) is 11.8 Å². The minimum Gasteiger partial charge on any atom is -0.496 e. The van der Waals surface area contributed by atoms with Crippen LogP contribution >= 0.6 is 15.9 Å². The van der Waals surface area contributed by atoms with Gasteiger partial charge in [0.25, 0.3) is 5.91 Å². The molecule has 0 aliphatic carbocycles. The Hall–Kier alpha value is -3.90. The molecular formula is C29H29BrN4O4. The number of nitrogens with zero attached hydrogens (tertiary/aromatic N) is 3. The van der Waals surface area contributed by atoms with E-state index in [1.165, 1.54) is 11.8 Å². The van der Waals surface area contributed by atoms with Crippen molar-refractivity contribution in [2.75, 3.05) is 23.5 Å². The van der Waals surface area contributed by atoms with Gasteiger partial charge >= 0.3 is 0 Å². The van der Waals surface area contributed by atoms with E-state index in [4.69, 9.17) is 4.74 Å². The number of carbonyl (C=O) groups excluding carboxylic acids is 3. The highest BCUT2D eigenvalue weighted by Crippen LogP contribution is 2.38. The maximum Gasteiger partial charge on any atom is 0.251 e. The van der Waals surface area contributed by atoms with Crippen molar-refractivity contribution in [3.63, 3.8) is 0 Å². The molecular weight excluding hydrogens is 548 g/mol. The van der Waals surface area contributed by atoms with Gasteiger partial charge in [-0.1, -0.05) is 41.9 Å². The van der Waals surface area contributed by atoms with Gasteiger partial charge in [-0.25, -0.2) is 0 Å². The largest absolute Gasteiger partial charge is 0.496 e. The Bertz CT molecular complexity index is 1460. The molecule has 196 valence electrons. The Morgan fingerprint density at radius 3 is 2.61 bits per heavy atom. The summed E-state index contributed by atoms with van der Waals surface area (Å²) in [5, 5.41) is 14.3. The Morgan fingerprint density at radius 2 is 1.95 bits per heavy atom. The standard InChI is InChI=1S/C29H29BrN4O4/c1-5-17(2)28(36)32-24-16-33(18(3)35)26-13-19(14-31)9-11-25(26)34(29(24)37)15-22-20-7-6-8-23(30)21(20)10-12-27(22)38-4/h6-13,17,24H,5,15-16H2,1-4H3,(H,32,36)/t17-,24+/m1/s1. The third kappa shape index (κ3) is 5.09. The van der Waals surface area contributed by atoms with Gasteiger partial charge in [0.15, 0.2) is 0 Å². The average molecular weight is 577 g/mol. The SMILES string of the molecule is CC[C@@H](C)C(=O)N[C@H]1CN(C(C)=O)c2cc(C#N)ccc2N(Cc2c(OC)ccc3c(Br)cccc23)C1=O. The second kappa shape index (κ2) is 11.2. The number of nitrogens with one attached hydrogen (secondary N) is 1. The minimum absolute atomic E-state index is 0.0487. The molecule has 0 saturated heterocycles. The number of methoxy groups -OCH3 is 1. The van der Waals surface area contributed by atoms with E-state index >= 15 is 0 Å². The predicted molar refractivity (Wildman–Crippen MR) is 150 cm³/mol. The molecule has 1 heterocycles. The van der Waals surface area contributed by atoms with Crippen LogP contribution in [0.15, 0.2) is 53.0 Å². The van der Waals surface area contributed by atoms with E-state index in [2.05, 4.69) is 27.3 Å². The second-order valence-electron chi connectivity index (χ2n) is 9.32. The molecule has 3 aromatic rings. The highest BCUT2D eigenvalue weighted by molar-refractivity contribution is 9.10. The number of benzene rings is 3. The maximum atomic E-state index is 14.1. The number of carbonyl (C=O) groups is 3. The first-order valence-electron chi connectivity index (χ1n) is 12.4. The zero-order chi connectivity index (χ0) is 27.6. The van der Waals surface area contributed by atoms with Gasteiger partial charge in [-0.2, -0.15) is 5.26 Å². The van der Waals surface area contributed by atoms with Gasteiger partial charge in [-0.15, -0.1) is 0 Å². The molecule has 0 radical (unpaired) electrons. The van der Waals surface area contributed by atoms with Crippen LogP contribution < -0.4 is 19.9 Å². The number of ether oxygens (including phenoxy) is 1. The lowest BCUT2D eigenvalue weighted by Crippen LogP contribution is -2.53. The summed E-state index contributed by atoms with van der Waals surface area (Å²) in [7, 11) is 1.58. The normalized spacial score (nSPS) is 15.9. The van der Waals surface area contributed by atoms with Crippen LogP contribution in [0.4, 0.5) is 11.4 Å². The molecule has 0 bridgehead atoms. The molecule has 38 heavy (non-hydrogen) atoms. The number of amides is 3.